The molecule has 0 aromatic rings. The number of hydrogen-bond donors (Lipinski definition) is 1. The van der Waals surface area contributed by atoms with Crippen molar-refractivity contribution >= 4 is 0 Å². The Labute approximate surface area is 124 Å². The minimum atomic E-state index is -0.362. The maximum absolute atomic E-state index is 9.49. The van der Waals surface area contributed by atoms with Crippen molar-refractivity contribution in [2.24, 2.45) is 0 Å². The van der Waals surface area contributed by atoms with Gasteiger partial charge in [-0.3, -0.25) is 5.32 Å². The lowest BCUT2D eigenvalue weighted by atomic mass is 9.92. The van der Waals surface area contributed by atoms with Crippen molar-refractivity contribution in [3.05, 3.63) is 0 Å². The van der Waals surface area contributed by atoms with Gasteiger partial charge in [0.05, 0.1) is 6.07 Å². The molecule has 1 heterocycles. The van der Waals surface area contributed by atoms with E-state index in [4.69, 9.17) is 0 Å². The summed E-state index contributed by atoms with van der Waals surface area (Å²) in [7, 11) is 4.35. The van der Waals surface area contributed by atoms with Crippen LogP contribution in [0.4, 0.5) is 0 Å². The Bertz CT molecular complexity index is 350. The minimum absolute atomic E-state index is 0.362. The fourth-order valence-corrected chi connectivity index (χ4v) is 3.38. The van der Waals surface area contributed by atoms with Gasteiger partial charge in [0, 0.05) is 18.1 Å². The monoisotopic (exact) mass is 278 g/mol. The number of rotatable bonds is 6. The third-order valence-electron chi connectivity index (χ3n) is 4.90. The second-order valence-electron chi connectivity index (χ2n) is 7.15. The summed E-state index contributed by atoms with van der Waals surface area (Å²) >= 11 is 0. The Hall–Kier alpha value is -0.630. The smallest absolute Gasteiger partial charge is 0.105 e. The molecule has 114 valence electrons. The molecule has 1 saturated heterocycles. The van der Waals surface area contributed by atoms with Gasteiger partial charge in [-0.1, -0.05) is 0 Å². The maximum atomic E-state index is 9.49. The van der Waals surface area contributed by atoms with Crippen LogP contribution in [0.3, 0.4) is 0 Å². The molecule has 1 saturated carbocycles. The van der Waals surface area contributed by atoms with Crippen LogP contribution < -0.4 is 5.32 Å². The number of nitriles is 1. The molecule has 0 spiro atoms. The van der Waals surface area contributed by atoms with Gasteiger partial charge in [0.1, 0.15) is 5.54 Å². The molecule has 2 aliphatic rings. The number of nitrogens with zero attached hydrogens (tertiary/aromatic N) is 3. The quantitative estimate of drug-likeness (QED) is 0.805. The summed E-state index contributed by atoms with van der Waals surface area (Å²) in [5.41, 5.74) is -0.362. The molecule has 1 aliphatic carbocycles. The van der Waals surface area contributed by atoms with Gasteiger partial charge in [-0.2, -0.15) is 5.26 Å². The summed E-state index contributed by atoms with van der Waals surface area (Å²) in [6.45, 7) is 6.67. The summed E-state index contributed by atoms with van der Waals surface area (Å²) in [6, 6.07) is 4.30. The van der Waals surface area contributed by atoms with Crippen molar-refractivity contribution in [1.29, 1.82) is 5.26 Å². The van der Waals surface area contributed by atoms with E-state index in [1.54, 1.807) is 0 Å². The Morgan fingerprint density at radius 3 is 2.35 bits per heavy atom. The summed E-state index contributed by atoms with van der Waals surface area (Å²) in [4.78, 5) is 4.90. The molecule has 1 N–H and O–H groups in total. The van der Waals surface area contributed by atoms with E-state index in [0.717, 1.165) is 25.6 Å². The van der Waals surface area contributed by atoms with E-state index in [0.29, 0.717) is 12.1 Å². The first-order chi connectivity index (χ1) is 9.43. The van der Waals surface area contributed by atoms with E-state index in [9.17, 15) is 5.26 Å². The van der Waals surface area contributed by atoms with Gasteiger partial charge in [0.15, 0.2) is 0 Å². The Morgan fingerprint density at radius 1 is 1.30 bits per heavy atom. The molecule has 1 aliphatic heterocycles. The predicted octanol–water partition coefficient (Wildman–Crippen LogP) is 1.83. The molecule has 4 nitrogen and oxygen atoms in total. The lowest BCUT2D eigenvalue weighted by Gasteiger charge is -2.40. The summed E-state index contributed by atoms with van der Waals surface area (Å²) in [5, 5.41) is 13.0. The van der Waals surface area contributed by atoms with Crippen molar-refractivity contribution in [2.45, 2.75) is 69.6 Å². The second kappa shape index (κ2) is 6.43. The molecule has 0 aromatic heterocycles. The van der Waals surface area contributed by atoms with Crippen LogP contribution in [-0.4, -0.2) is 60.6 Å². The molecule has 2 fully saturated rings. The topological polar surface area (TPSA) is 42.3 Å². The van der Waals surface area contributed by atoms with Crippen LogP contribution in [-0.2, 0) is 0 Å². The molecule has 0 radical (unpaired) electrons. The van der Waals surface area contributed by atoms with E-state index >= 15 is 0 Å². The maximum Gasteiger partial charge on any atom is 0.105 e. The van der Waals surface area contributed by atoms with Crippen LogP contribution in [0.15, 0.2) is 0 Å². The van der Waals surface area contributed by atoms with Crippen molar-refractivity contribution in [2.75, 3.05) is 27.2 Å². The van der Waals surface area contributed by atoms with Crippen LogP contribution >= 0.6 is 0 Å². The molecule has 2 unspecified atom stereocenters. The zero-order chi connectivity index (χ0) is 14.8. The third-order valence-corrected chi connectivity index (χ3v) is 4.90. The minimum Gasteiger partial charge on any atom is -0.306 e. The first-order valence-corrected chi connectivity index (χ1v) is 8.03. The van der Waals surface area contributed by atoms with Crippen molar-refractivity contribution in [1.82, 2.24) is 15.1 Å². The molecular formula is C16H30N4. The number of hydrogen-bond acceptors (Lipinski definition) is 4. The normalized spacial score (nSPS) is 26.2. The lowest BCUT2D eigenvalue weighted by Crippen LogP contribution is -2.51. The van der Waals surface area contributed by atoms with Gasteiger partial charge in [0.2, 0.25) is 0 Å². The van der Waals surface area contributed by atoms with E-state index in [1.807, 2.05) is 0 Å². The van der Waals surface area contributed by atoms with Gasteiger partial charge >= 0.3 is 0 Å². The highest BCUT2D eigenvalue weighted by molar-refractivity contribution is 5.08. The highest BCUT2D eigenvalue weighted by Gasteiger charge is 2.35. The fourth-order valence-electron chi connectivity index (χ4n) is 3.38. The van der Waals surface area contributed by atoms with Gasteiger partial charge in [-0.05, 0) is 73.1 Å². The SMILES string of the molecule is CC(CC(C)(C#N)NC1CC1)N1CCC(N(C)C)CC1. The third kappa shape index (κ3) is 4.18. The molecule has 20 heavy (non-hydrogen) atoms. The number of likely N-dealkylation sites (tertiary alicyclic amines) is 1. The average molecular weight is 278 g/mol. The lowest BCUT2D eigenvalue weighted by molar-refractivity contribution is 0.102. The molecule has 0 bridgehead atoms. The van der Waals surface area contributed by atoms with Crippen molar-refractivity contribution in [3.63, 3.8) is 0 Å². The molecular weight excluding hydrogens is 248 g/mol. The van der Waals surface area contributed by atoms with Crippen LogP contribution in [0.1, 0.15) is 46.0 Å². The Morgan fingerprint density at radius 2 is 1.90 bits per heavy atom. The largest absolute Gasteiger partial charge is 0.306 e. The standard InChI is InChI=1S/C16H30N4/c1-13(11-16(2,12-17)18-14-5-6-14)20-9-7-15(8-10-20)19(3)4/h13-15,18H,5-11H2,1-4H3. The Balaban J connectivity index is 1.82. The summed E-state index contributed by atoms with van der Waals surface area (Å²) in [6.07, 6.45) is 5.89. The van der Waals surface area contributed by atoms with E-state index < -0.39 is 0 Å². The van der Waals surface area contributed by atoms with Crippen LogP contribution in [0.2, 0.25) is 0 Å². The average Bonchev–Trinajstić information content (AvgIpc) is 3.22. The van der Waals surface area contributed by atoms with E-state index in [1.165, 1.54) is 25.7 Å². The van der Waals surface area contributed by atoms with Gasteiger partial charge in [-0.15, -0.1) is 0 Å². The van der Waals surface area contributed by atoms with Crippen LogP contribution in [0.5, 0.6) is 0 Å². The molecule has 2 atom stereocenters. The van der Waals surface area contributed by atoms with Crippen molar-refractivity contribution < 1.29 is 0 Å². The molecule has 4 heteroatoms. The van der Waals surface area contributed by atoms with Gasteiger partial charge < -0.3 is 9.80 Å². The van der Waals surface area contributed by atoms with E-state index in [-0.39, 0.29) is 5.54 Å². The zero-order valence-corrected chi connectivity index (χ0v) is 13.5. The van der Waals surface area contributed by atoms with Crippen LogP contribution in [0, 0.1) is 11.3 Å². The van der Waals surface area contributed by atoms with Crippen LogP contribution in [0.25, 0.3) is 0 Å². The highest BCUT2D eigenvalue weighted by Crippen LogP contribution is 2.26. The van der Waals surface area contributed by atoms with E-state index in [2.05, 4.69) is 49.1 Å². The van der Waals surface area contributed by atoms with Crippen molar-refractivity contribution in [3.8, 4) is 6.07 Å². The zero-order valence-electron chi connectivity index (χ0n) is 13.5. The van der Waals surface area contributed by atoms with Gasteiger partial charge in [0.25, 0.3) is 0 Å². The summed E-state index contributed by atoms with van der Waals surface area (Å²) in [5.74, 6) is 0. The molecule has 2 rings (SSSR count). The number of piperidine rings is 1. The first-order valence-electron chi connectivity index (χ1n) is 8.03. The number of nitrogens with one attached hydrogen (secondary N) is 1. The first kappa shape index (κ1) is 15.8. The second-order valence-corrected chi connectivity index (χ2v) is 7.15. The molecule has 0 aromatic carbocycles. The fraction of sp³-hybridized carbons (Fsp3) is 0.938. The Kier molecular flexibility index (Phi) is 5.06. The van der Waals surface area contributed by atoms with Gasteiger partial charge in [-0.25, -0.2) is 0 Å². The summed E-state index contributed by atoms with van der Waals surface area (Å²) < 4.78 is 0. The predicted molar refractivity (Wildman–Crippen MR) is 82.5 cm³/mol. The highest BCUT2D eigenvalue weighted by atomic mass is 15.2. The molecule has 0 amide bonds.